The number of likely N-dealkylation sites (tertiary alicyclic amines) is 1. The summed E-state index contributed by atoms with van der Waals surface area (Å²) >= 11 is 0. The topological polar surface area (TPSA) is 40.5 Å². The fourth-order valence-corrected chi connectivity index (χ4v) is 2.49. The Balaban J connectivity index is 1.96. The summed E-state index contributed by atoms with van der Waals surface area (Å²) < 4.78 is 0. The van der Waals surface area contributed by atoms with Gasteiger partial charge < -0.3 is 10.0 Å². The molecule has 2 rings (SSSR count). The number of carbonyl (C=O) groups excluding carboxylic acids is 1. The first-order valence-corrected chi connectivity index (χ1v) is 6.62. The van der Waals surface area contributed by atoms with Crippen molar-refractivity contribution in [2.75, 3.05) is 13.1 Å². The van der Waals surface area contributed by atoms with Crippen molar-refractivity contribution >= 4 is 5.91 Å². The average Bonchev–Trinajstić information content (AvgIpc) is 2.81. The zero-order chi connectivity index (χ0) is 13.1. The van der Waals surface area contributed by atoms with Crippen LogP contribution in [-0.2, 0) is 11.2 Å². The maximum atomic E-state index is 12.1. The van der Waals surface area contributed by atoms with E-state index in [2.05, 4.69) is 13.8 Å². The molecule has 0 saturated carbocycles. The Hall–Kier alpha value is -1.51. The van der Waals surface area contributed by atoms with Crippen LogP contribution < -0.4 is 0 Å². The summed E-state index contributed by atoms with van der Waals surface area (Å²) in [4.78, 5) is 14.1. The van der Waals surface area contributed by atoms with Gasteiger partial charge in [0.25, 0.3) is 0 Å². The van der Waals surface area contributed by atoms with E-state index in [-0.39, 0.29) is 11.7 Å². The molecule has 0 bridgehead atoms. The summed E-state index contributed by atoms with van der Waals surface area (Å²) in [5.74, 6) is 1.59. The van der Waals surface area contributed by atoms with E-state index < -0.39 is 0 Å². The summed E-state index contributed by atoms with van der Waals surface area (Å²) in [7, 11) is 0. The number of benzene rings is 1. The van der Waals surface area contributed by atoms with Gasteiger partial charge >= 0.3 is 0 Å². The second kappa shape index (κ2) is 5.42. The molecule has 98 valence electrons. The van der Waals surface area contributed by atoms with Crippen molar-refractivity contribution < 1.29 is 9.90 Å². The van der Waals surface area contributed by atoms with Crippen LogP contribution in [0.2, 0.25) is 0 Å². The molecule has 1 saturated heterocycles. The number of para-hydroxylation sites is 1. The number of hydrogen-bond donors (Lipinski definition) is 1. The lowest BCUT2D eigenvalue weighted by Gasteiger charge is -2.18. The molecule has 0 aromatic heterocycles. The highest BCUT2D eigenvalue weighted by molar-refractivity contribution is 5.79. The number of phenols is 1. The fraction of sp³-hybridized carbons (Fsp3) is 0.533. The third-order valence-electron chi connectivity index (χ3n) is 3.85. The summed E-state index contributed by atoms with van der Waals surface area (Å²) in [6.45, 7) is 6.14. The molecule has 3 nitrogen and oxygen atoms in total. The predicted molar refractivity (Wildman–Crippen MR) is 71.3 cm³/mol. The Morgan fingerprint density at radius 3 is 2.78 bits per heavy atom. The number of amides is 1. The number of carbonyl (C=O) groups is 1. The van der Waals surface area contributed by atoms with Crippen molar-refractivity contribution in [3.05, 3.63) is 29.8 Å². The highest BCUT2D eigenvalue weighted by Gasteiger charge is 2.28. The van der Waals surface area contributed by atoms with E-state index >= 15 is 0 Å². The molecule has 1 aromatic rings. The lowest BCUT2D eigenvalue weighted by Crippen LogP contribution is -2.30. The standard InChI is InChI=1S/C15H21NO2/c1-11(2)13-7-8-16(10-13)15(18)9-12-5-3-4-6-14(12)17/h3-6,11,13,17H,7-10H2,1-2H3. The zero-order valence-corrected chi connectivity index (χ0v) is 11.1. The first-order chi connectivity index (χ1) is 8.58. The van der Waals surface area contributed by atoms with Crippen LogP contribution in [0.5, 0.6) is 5.75 Å². The van der Waals surface area contributed by atoms with Gasteiger partial charge in [0.15, 0.2) is 0 Å². The number of aromatic hydroxyl groups is 1. The molecule has 1 aliphatic rings. The first kappa shape index (κ1) is 12.9. The fourth-order valence-electron chi connectivity index (χ4n) is 2.49. The van der Waals surface area contributed by atoms with Crippen molar-refractivity contribution in [1.29, 1.82) is 0 Å². The maximum absolute atomic E-state index is 12.1. The van der Waals surface area contributed by atoms with Crippen LogP contribution in [0, 0.1) is 11.8 Å². The van der Waals surface area contributed by atoms with Crippen molar-refractivity contribution in [3.8, 4) is 5.75 Å². The molecule has 1 N–H and O–H groups in total. The highest BCUT2D eigenvalue weighted by atomic mass is 16.3. The molecule has 1 heterocycles. The second-order valence-electron chi connectivity index (χ2n) is 5.44. The Morgan fingerprint density at radius 2 is 2.17 bits per heavy atom. The molecular formula is C15H21NO2. The molecular weight excluding hydrogens is 226 g/mol. The van der Waals surface area contributed by atoms with Gasteiger partial charge in [0.2, 0.25) is 5.91 Å². The molecule has 1 aromatic carbocycles. The Bertz CT molecular complexity index is 428. The monoisotopic (exact) mass is 247 g/mol. The van der Waals surface area contributed by atoms with Gasteiger partial charge in [-0.05, 0) is 24.3 Å². The van der Waals surface area contributed by atoms with Crippen LogP contribution in [0.4, 0.5) is 0 Å². The molecule has 1 fully saturated rings. The summed E-state index contributed by atoms with van der Waals surface area (Å²) in [6, 6.07) is 7.06. The Morgan fingerprint density at radius 1 is 1.44 bits per heavy atom. The lowest BCUT2D eigenvalue weighted by atomic mass is 9.95. The first-order valence-electron chi connectivity index (χ1n) is 6.62. The minimum atomic E-state index is 0.125. The second-order valence-corrected chi connectivity index (χ2v) is 5.44. The average molecular weight is 247 g/mol. The van der Waals surface area contributed by atoms with Crippen LogP contribution in [0.25, 0.3) is 0 Å². The molecule has 0 aliphatic carbocycles. The predicted octanol–water partition coefficient (Wildman–Crippen LogP) is 2.44. The Kier molecular flexibility index (Phi) is 3.90. The van der Waals surface area contributed by atoms with Gasteiger partial charge in [-0.25, -0.2) is 0 Å². The van der Waals surface area contributed by atoms with E-state index in [9.17, 15) is 9.90 Å². The van der Waals surface area contributed by atoms with Crippen LogP contribution in [0.3, 0.4) is 0 Å². The van der Waals surface area contributed by atoms with Crippen LogP contribution in [-0.4, -0.2) is 29.0 Å². The van der Waals surface area contributed by atoms with E-state index in [1.54, 1.807) is 12.1 Å². The van der Waals surface area contributed by atoms with Crippen LogP contribution in [0.15, 0.2) is 24.3 Å². The maximum Gasteiger partial charge on any atom is 0.227 e. The molecule has 1 atom stereocenters. The summed E-state index contributed by atoms with van der Waals surface area (Å²) in [5, 5.41) is 9.67. The number of phenolic OH excluding ortho intramolecular Hbond substituents is 1. The minimum absolute atomic E-state index is 0.125. The van der Waals surface area contributed by atoms with Gasteiger partial charge in [-0.15, -0.1) is 0 Å². The van der Waals surface area contributed by atoms with Crippen molar-refractivity contribution in [2.45, 2.75) is 26.7 Å². The van der Waals surface area contributed by atoms with E-state index in [1.165, 1.54) is 0 Å². The van der Waals surface area contributed by atoms with E-state index in [1.807, 2.05) is 17.0 Å². The Labute approximate surface area is 108 Å². The highest BCUT2D eigenvalue weighted by Crippen LogP contribution is 2.25. The van der Waals surface area contributed by atoms with E-state index in [4.69, 9.17) is 0 Å². The van der Waals surface area contributed by atoms with Crippen molar-refractivity contribution in [3.63, 3.8) is 0 Å². The van der Waals surface area contributed by atoms with Crippen LogP contribution in [0.1, 0.15) is 25.8 Å². The quantitative estimate of drug-likeness (QED) is 0.891. The van der Waals surface area contributed by atoms with Gasteiger partial charge in [-0.3, -0.25) is 4.79 Å². The third kappa shape index (κ3) is 2.84. The number of hydrogen-bond acceptors (Lipinski definition) is 2. The zero-order valence-electron chi connectivity index (χ0n) is 11.1. The van der Waals surface area contributed by atoms with Crippen molar-refractivity contribution in [1.82, 2.24) is 4.90 Å². The van der Waals surface area contributed by atoms with Gasteiger partial charge in [0.05, 0.1) is 6.42 Å². The minimum Gasteiger partial charge on any atom is -0.508 e. The molecule has 0 radical (unpaired) electrons. The van der Waals surface area contributed by atoms with E-state index in [0.29, 0.717) is 18.3 Å². The largest absolute Gasteiger partial charge is 0.508 e. The van der Waals surface area contributed by atoms with Gasteiger partial charge in [0.1, 0.15) is 5.75 Å². The van der Waals surface area contributed by atoms with Crippen LogP contribution >= 0.6 is 0 Å². The normalized spacial score (nSPS) is 19.5. The summed E-state index contributed by atoms with van der Waals surface area (Å²) in [5.41, 5.74) is 0.718. The molecule has 1 amide bonds. The molecule has 3 heteroatoms. The lowest BCUT2D eigenvalue weighted by molar-refractivity contribution is -0.129. The molecule has 1 unspecified atom stereocenters. The van der Waals surface area contributed by atoms with Gasteiger partial charge in [-0.1, -0.05) is 32.0 Å². The summed E-state index contributed by atoms with van der Waals surface area (Å²) in [6.07, 6.45) is 1.40. The third-order valence-corrected chi connectivity index (χ3v) is 3.85. The van der Waals surface area contributed by atoms with E-state index in [0.717, 1.165) is 25.1 Å². The van der Waals surface area contributed by atoms with Gasteiger partial charge in [-0.2, -0.15) is 0 Å². The SMILES string of the molecule is CC(C)C1CCN(C(=O)Cc2ccccc2O)C1. The molecule has 1 aliphatic heterocycles. The number of nitrogens with zero attached hydrogens (tertiary/aromatic N) is 1. The smallest absolute Gasteiger partial charge is 0.227 e. The van der Waals surface area contributed by atoms with Crippen molar-refractivity contribution in [2.24, 2.45) is 11.8 Å². The number of rotatable bonds is 3. The van der Waals surface area contributed by atoms with Gasteiger partial charge in [0, 0.05) is 18.7 Å². The molecule has 0 spiro atoms. The molecule has 18 heavy (non-hydrogen) atoms.